The summed E-state index contributed by atoms with van der Waals surface area (Å²) in [6.07, 6.45) is 0.965. The van der Waals surface area contributed by atoms with Crippen LogP contribution in [0.3, 0.4) is 0 Å². The van der Waals surface area contributed by atoms with Crippen LogP contribution in [0.1, 0.15) is 12.0 Å². The van der Waals surface area contributed by atoms with E-state index in [4.69, 9.17) is 11.6 Å². The molecule has 2 atom stereocenters. The van der Waals surface area contributed by atoms with Gasteiger partial charge in [0.15, 0.2) is 0 Å². The topological polar surface area (TPSA) is 52.7 Å². The second-order valence-electron chi connectivity index (χ2n) is 6.21. The van der Waals surface area contributed by atoms with Crippen molar-refractivity contribution in [3.05, 3.63) is 28.8 Å². The highest BCUT2D eigenvalue weighted by Crippen LogP contribution is 2.32. The van der Waals surface area contributed by atoms with Crippen molar-refractivity contribution < 1.29 is 9.59 Å². The summed E-state index contributed by atoms with van der Waals surface area (Å²) < 4.78 is 0. The van der Waals surface area contributed by atoms with Gasteiger partial charge in [0.25, 0.3) is 0 Å². The fraction of sp³-hybridized carbons (Fsp3) is 0.500. The van der Waals surface area contributed by atoms with Crippen LogP contribution in [-0.2, 0) is 4.79 Å². The Kier molecular flexibility index (Phi) is 4.00. The van der Waals surface area contributed by atoms with Gasteiger partial charge in [0.2, 0.25) is 5.91 Å². The fourth-order valence-corrected chi connectivity index (χ4v) is 3.42. The summed E-state index contributed by atoms with van der Waals surface area (Å²) in [4.78, 5) is 28.1. The van der Waals surface area contributed by atoms with Crippen LogP contribution in [0.2, 0.25) is 5.02 Å². The third-order valence-electron chi connectivity index (χ3n) is 4.68. The number of piperidine rings is 1. The largest absolute Gasteiger partial charge is 0.345 e. The molecule has 0 spiro atoms. The normalized spacial score (nSPS) is 24.4. The molecule has 0 saturated carbocycles. The number of likely N-dealkylation sites (tertiary alicyclic amines) is 2. The molecule has 2 saturated heterocycles. The molecule has 0 aromatic heterocycles. The van der Waals surface area contributed by atoms with E-state index in [9.17, 15) is 9.59 Å². The number of nitrogens with zero attached hydrogens (tertiary/aromatic N) is 2. The molecule has 2 heterocycles. The monoisotopic (exact) mass is 321 g/mol. The summed E-state index contributed by atoms with van der Waals surface area (Å²) in [5, 5.41) is 3.49. The van der Waals surface area contributed by atoms with Gasteiger partial charge in [-0.05, 0) is 37.0 Å². The van der Waals surface area contributed by atoms with E-state index in [0.29, 0.717) is 23.8 Å². The van der Waals surface area contributed by atoms with E-state index in [2.05, 4.69) is 5.32 Å². The van der Waals surface area contributed by atoms with Gasteiger partial charge >= 0.3 is 6.03 Å². The standard InChI is InChI=1S/C16H20ClN3O2/c1-10-3-4-12(7-14(10)17)18-16(22)20-8-11-5-6-19(2)15(21)13(11)9-20/h3-4,7,11,13H,5-6,8-9H2,1-2H3,(H,18,22)/t11-,13+/m1/s1. The lowest BCUT2D eigenvalue weighted by Gasteiger charge is -2.30. The zero-order valence-corrected chi connectivity index (χ0v) is 13.6. The first-order valence-electron chi connectivity index (χ1n) is 7.53. The number of rotatable bonds is 1. The van der Waals surface area contributed by atoms with Crippen molar-refractivity contribution in [3.8, 4) is 0 Å². The third kappa shape index (κ3) is 2.77. The maximum atomic E-state index is 12.4. The van der Waals surface area contributed by atoms with Crippen LogP contribution in [0.15, 0.2) is 18.2 Å². The molecule has 2 aliphatic rings. The number of benzene rings is 1. The number of hydrogen-bond acceptors (Lipinski definition) is 2. The molecular formula is C16H20ClN3O2. The zero-order chi connectivity index (χ0) is 15.9. The SMILES string of the molecule is Cc1ccc(NC(=O)N2C[C@H]3CCN(C)C(=O)[C@H]3C2)cc1Cl. The number of anilines is 1. The molecule has 22 heavy (non-hydrogen) atoms. The Hall–Kier alpha value is -1.75. The smallest absolute Gasteiger partial charge is 0.321 e. The van der Waals surface area contributed by atoms with Gasteiger partial charge in [0.05, 0.1) is 5.92 Å². The Labute approximate surface area is 135 Å². The molecule has 0 unspecified atom stereocenters. The van der Waals surface area contributed by atoms with Gasteiger partial charge in [-0.15, -0.1) is 0 Å². The van der Waals surface area contributed by atoms with Gasteiger partial charge in [-0.3, -0.25) is 4.79 Å². The molecular weight excluding hydrogens is 302 g/mol. The Balaban J connectivity index is 1.66. The number of carbonyl (C=O) groups is 2. The first-order chi connectivity index (χ1) is 10.5. The number of hydrogen-bond donors (Lipinski definition) is 1. The molecule has 6 heteroatoms. The first kappa shape index (κ1) is 15.2. The summed E-state index contributed by atoms with van der Waals surface area (Å²) in [7, 11) is 1.83. The third-order valence-corrected chi connectivity index (χ3v) is 5.09. The van der Waals surface area contributed by atoms with Crippen molar-refractivity contribution in [2.24, 2.45) is 11.8 Å². The lowest BCUT2D eigenvalue weighted by molar-refractivity contribution is -0.137. The molecule has 0 radical (unpaired) electrons. The van der Waals surface area contributed by atoms with Crippen molar-refractivity contribution in [1.29, 1.82) is 0 Å². The number of aryl methyl sites for hydroxylation is 1. The van der Waals surface area contributed by atoms with Crippen LogP contribution in [0.25, 0.3) is 0 Å². The molecule has 1 aromatic carbocycles. The molecule has 1 aromatic rings. The predicted octanol–water partition coefficient (Wildman–Crippen LogP) is 2.59. The van der Waals surface area contributed by atoms with Gasteiger partial charge < -0.3 is 15.1 Å². The number of fused-ring (bicyclic) bond motifs is 1. The van der Waals surface area contributed by atoms with Gasteiger partial charge in [-0.25, -0.2) is 4.79 Å². The van der Waals surface area contributed by atoms with E-state index in [0.717, 1.165) is 18.5 Å². The Morgan fingerprint density at radius 2 is 2.14 bits per heavy atom. The summed E-state index contributed by atoms with van der Waals surface area (Å²) in [6, 6.07) is 5.29. The minimum atomic E-state index is -0.162. The second-order valence-corrected chi connectivity index (χ2v) is 6.62. The number of nitrogens with one attached hydrogen (secondary N) is 1. The van der Waals surface area contributed by atoms with Gasteiger partial charge in [-0.1, -0.05) is 17.7 Å². The highest BCUT2D eigenvalue weighted by molar-refractivity contribution is 6.31. The van der Waals surface area contributed by atoms with Crippen LogP contribution >= 0.6 is 11.6 Å². The average molecular weight is 322 g/mol. The van der Waals surface area contributed by atoms with E-state index in [1.165, 1.54) is 0 Å². The van der Waals surface area contributed by atoms with Crippen molar-refractivity contribution in [2.45, 2.75) is 13.3 Å². The molecule has 3 amide bonds. The van der Waals surface area contributed by atoms with Crippen molar-refractivity contribution in [3.63, 3.8) is 0 Å². The summed E-state index contributed by atoms with van der Waals surface area (Å²) in [6.45, 7) is 3.85. The molecule has 3 rings (SSSR count). The highest BCUT2D eigenvalue weighted by Gasteiger charge is 2.43. The quantitative estimate of drug-likeness (QED) is 0.864. The summed E-state index contributed by atoms with van der Waals surface area (Å²) >= 11 is 6.08. The molecule has 2 aliphatic heterocycles. The second kappa shape index (κ2) is 5.80. The van der Waals surface area contributed by atoms with E-state index in [1.54, 1.807) is 15.9 Å². The minimum absolute atomic E-state index is 0.0499. The Morgan fingerprint density at radius 3 is 2.86 bits per heavy atom. The molecule has 1 N–H and O–H groups in total. The Morgan fingerprint density at radius 1 is 1.36 bits per heavy atom. The molecule has 118 valence electrons. The maximum absolute atomic E-state index is 12.4. The predicted molar refractivity (Wildman–Crippen MR) is 86.0 cm³/mol. The van der Waals surface area contributed by atoms with Crippen molar-refractivity contribution >= 4 is 29.2 Å². The lowest BCUT2D eigenvalue weighted by Crippen LogP contribution is -2.42. The van der Waals surface area contributed by atoms with Gasteiger partial charge in [-0.2, -0.15) is 0 Å². The van der Waals surface area contributed by atoms with Crippen molar-refractivity contribution in [2.75, 3.05) is 32.0 Å². The van der Waals surface area contributed by atoms with Crippen molar-refractivity contribution in [1.82, 2.24) is 9.80 Å². The lowest BCUT2D eigenvalue weighted by atomic mass is 9.88. The zero-order valence-electron chi connectivity index (χ0n) is 12.8. The average Bonchev–Trinajstić information content (AvgIpc) is 2.92. The van der Waals surface area contributed by atoms with Crippen LogP contribution in [0.5, 0.6) is 0 Å². The molecule has 0 bridgehead atoms. The van der Waals surface area contributed by atoms with Gasteiger partial charge in [0.1, 0.15) is 0 Å². The van der Waals surface area contributed by atoms with E-state index in [-0.39, 0.29) is 23.8 Å². The van der Waals surface area contributed by atoms with Crippen LogP contribution in [-0.4, -0.2) is 48.4 Å². The van der Waals surface area contributed by atoms with E-state index >= 15 is 0 Å². The summed E-state index contributed by atoms with van der Waals surface area (Å²) in [5.41, 5.74) is 1.65. The molecule has 0 aliphatic carbocycles. The number of halogens is 1. The fourth-order valence-electron chi connectivity index (χ4n) is 3.24. The molecule has 5 nitrogen and oxygen atoms in total. The number of amides is 3. The Bertz CT molecular complexity index is 619. The number of urea groups is 1. The highest BCUT2D eigenvalue weighted by atomic mass is 35.5. The van der Waals surface area contributed by atoms with Gasteiger partial charge in [0, 0.05) is 37.4 Å². The van der Waals surface area contributed by atoms with E-state index < -0.39 is 0 Å². The van der Waals surface area contributed by atoms with E-state index in [1.807, 2.05) is 26.1 Å². The first-order valence-corrected chi connectivity index (χ1v) is 7.90. The minimum Gasteiger partial charge on any atom is -0.345 e. The molecule has 2 fully saturated rings. The summed E-state index contributed by atoms with van der Waals surface area (Å²) in [5.74, 6) is 0.395. The number of carbonyl (C=O) groups excluding carboxylic acids is 2. The maximum Gasteiger partial charge on any atom is 0.321 e. The van der Waals surface area contributed by atoms with Crippen LogP contribution in [0, 0.1) is 18.8 Å². The van der Waals surface area contributed by atoms with Crippen LogP contribution in [0.4, 0.5) is 10.5 Å². The van der Waals surface area contributed by atoms with Crippen LogP contribution < -0.4 is 5.32 Å².